The largest absolute Gasteiger partial charge is 0.411 e. The van der Waals surface area contributed by atoms with E-state index in [1.807, 2.05) is 25.1 Å². The molecule has 2 N–H and O–H groups in total. The molecule has 0 aliphatic heterocycles. The lowest BCUT2D eigenvalue weighted by Crippen LogP contribution is -2.35. The second kappa shape index (κ2) is 4.24. The van der Waals surface area contributed by atoms with Crippen LogP contribution in [0.2, 0.25) is 0 Å². The van der Waals surface area contributed by atoms with E-state index >= 15 is 0 Å². The van der Waals surface area contributed by atoms with Crippen LogP contribution in [0.15, 0.2) is 35.5 Å². The first-order valence-electron chi connectivity index (χ1n) is 4.62. The number of hydrogen-bond acceptors (Lipinski definition) is 3. The first kappa shape index (κ1) is 10.7. The van der Waals surface area contributed by atoms with Crippen molar-refractivity contribution in [2.45, 2.75) is 25.9 Å². The normalized spacial score (nSPS) is 16.4. The zero-order valence-electron chi connectivity index (χ0n) is 8.44. The van der Waals surface area contributed by atoms with Crippen molar-refractivity contribution in [3.05, 3.63) is 35.9 Å². The lowest BCUT2D eigenvalue weighted by molar-refractivity contribution is 0.124. The fourth-order valence-electron chi connectivity index (χ4n) is 1.24. The number of hydrogen-bond donors (Lipinski definition) is 2. The van der Waals surface area contributed by atoms with Gasteiger partial charge in [0.05, 0.1) is 0 Å². The van der Waals surface area contributed by atoms with Crippen LogP contribution in [0.1, 0.15) is 25.8 Å². The molecule has 0 amide bonds. The van der Waals surface area contributed by atoms with Gasteiger partial charge in [0.15, 0.2) is 0 Å². The Labute approximate surface area is 83.7 Å². The molecule has 0 aliphatic rings. The van der Waals surface area contributed by atoms with E-state index in [-0.39, 0.29) is 0 Å². The zero-order chi connectivity index (χ0) is 10.6. The molecule has 0 radical (unpaired) electrons. The molecule has 0 spiro atoms. The van der Waals surface area contributed by atoms with Crippen molar-refractivity contribution in [1.82, 2.24) is 0 Å². The number of aliphatic hydroxyl groups is 1. The van der Waals surface area contributed by atoms with Crippen LogP contribution in [-0.4, -0.2) is 21.6 Å². The summed E-state index contributed by atoms with van der Waals surface area (Å²) in [5.41, 5.74) is -0.0433. The third kappa shape index (κ3) is 2.12. The van der Waals surface area contributed by atoms with Crippen LogP contribution in [0.5, 0.6) is 0 Å². The monoisotopic (exact) mass is 193 g/mol. The quantitative estimate of drug-likeness (QED) is 0.438. The van der Waals surface area contributed by atoms with Gasteiger partial charge in [0, 0.05) is 5.56 Å². The lowest BCUT2D eigenvalue weighted by Gasteiger charge is -2.22. The molecule has 1 rings (SSSR count). The summed E-state index contributed by atoms with van der Waals surface area (Å²) in [5.74, 6) is 0. The molecule has 3 nitrogen and oxygen atoms in total. The molecule has 0 fully saturated rings. The van der Waals surface area contributed by atoms with Crippen molar-refractivity contribution in [3.8, 4) is 0 Å². The van der Waals surface area contributed by atoms with E-state index in [0.29, 0.717) is 12.1 Å². The Bertz CT molecular complexity index is 317. The highest BCUT2D eigenvalue weighted by Gasteiger charge is 2.27. The summed E-state index contributed by atoms with van der Waals surface area (Å²) in [7, 11) is 0. The van der Waals surface area contributed by atoms with Gasteiger partial charge < -0.3 is 10.3 Å². The molecule has 0 saturated carbocycles. The van der Waals surface area contributed by atoms with Crippen LogP contribution in [0, 0.1) is 0 Å². The summed E-state index contributed by atoms with van der Waals surface area (Å²) in [5, 5.41) is 22.0. The molecule has 0 aromatic heterocycles. The first-order chi connectivity index (χ1) is 6.61. The van der Waals surface area contributed by atoms with Gasteiger partial charge >= 0.3 is 0 Å². The number of nitrogens with zero attached hydrogens (tertiary/aromatic N) is 1. The molecule has 0 bridgehead atoms. The second-order valence-electron chi connectivity index (χ2n) is 3.44. The van der Waals surface area contributed by atoms with E-state index in [1.54, 1.807) is 19.1 Å². The van der Waals surface area contributed by atoms with Crippen molar-refractivity contribution < 1.29 is 10.3 Å². The Hall–Kier alpha value is -1.35. The van der Waals surface area contributed by atoms with Gasteiger partial charge in [-0.15, -0.1) is 0 Å². The maximum absolute atomic E-state index is 9.95. The molecule has 1 aromatic carbocycles. The number of oxime groups is 1. The smallest absolute Gasteiger partial charge is 0.118 e. The van der Waals surface area contributed by atoms with E-state index in [4.69, 9.17) is 5.21 Å². The third-order valence-corrected chi connectivity index (χ3v) is 2.35. The number of rotatable bonds is 3. The van der Waals surface area contributed by atoms with Gasteiger partial charge in [0.1, 0.15) is 11.3 Å². The molecule has 3 heteroatoms. The van der Waals surface area contributed by atoms with Gasteiger partial charge in [-0.2, -0.15) is 0 Å². The molecule has 1 atom stereocenters. The highest BCUT2D eigenvalue weighted by molar-refractivity contribution is 6.05. The minimum Gasteiger partial charge on any atom is -0.411 e. The minimum absolute atomic E-state index is 0.306. The van der Waals surface area contributed by atoms with E-state index in [9.17, 15) is 5.11 Å². The molecular formula is C11H15NO2. The standard InChI is InChI=1S/C11H15NO2/c1-3-11(2,13)10(12-14)9-7-5-4-6-8-9/h4-8,13-14H,3H2,1-2H3/b12-10+. The van der Waals surface area contributed by atoms with E-state index in [1.165, 1.54) is 0 Å². The minimum atomic E-state index is -1.09. The predicted molar refractivity (Wildman–Crippen MR) is 55.7 cm³/mol. The average Bonchev–Trinajstić information content (AvgIpc) is 2.20. The van der Waals surface area contributed by atoms with Gasteiger partial charge in [-0.05, 0) is 13.3 Å². The highest BCUT2D eigenvalue weighted by Crippen LogP contribution is 2.17. The molecule has 0 saturated heterocycles. The van der Waals surface area contributed by atoms with Crippen molar-refractivity contribution in [2.75, 3.05) is 0 Å². The maximum atomic E-state index is 9.95. The van der Waals surface area contributed by atoms with Crippen LogP contribution in [0.3, 0.4) is 0 Å². The van der Waals surface area contributed by atoms with Crippen molar-refractivity contribution in [1.29, 1.82) is 0 Å². The van der Waals surface area contributed by atoms with Gasteiger partial charge in [-0.25, -0.2) is 0 Å². The van der Waals surface area contributed by atoms with Crippen molar-refractivity contribution in [2.24, 2.45) is 5.16 Å². The van der Waals surface area contributed by atoms with Crippen LogP contribution in [-0.2, 0) is 0 Å². The second-order valence-corrected chi connectivity index (χ2v) is 3.44. The highest BCUT2D eigenvalue weighted by atomic mass is 16.4. The summed E-state index contributed by atoms with van der Waals surface area (Å²) in [6.45, 7) is 3.48. The Morgan fingerprint density at radius 2 is 1.93 bits per heavy atom. The Morgan fingerprint density at radius 1 is 1.36 bits per heavy atom. The SMILES string of the molecule is CCC(C)(O)/C(=N/O)c1ccccc1. The van der Waals surface area contributed by atoms with Gasteiger partial charge in [-0.3, -0.25) is 0 Å². The third-order valence-electron chi connectivity index (χ3n) is 2.35. The summed E-state index contributed by atoms with van der Waals surface area (Å²) in [6.07, 6.45) is 0.501. The van der Waals surface area contributed by atoms with Gasteiger partial charge in [-0.1, -0.05) is 42.4 Å². The molecule has 14 heavy (non-hydrogen) atoms. The zero-order valence-corrected chi connectivity index (χ0v) is 8.44. The molecule has 76 valence electrons. The lowest BCUT2D eigenvalue weighted by atomic mass is 9.91. The van der Waals surface area contributed by atoms with E-state index in [2.05, 4.69) is 5.16 Å². The topological polar surface area (TPSA) is 52.8 Å². The van der Waals surface area contributed by atoms with Gasteiger partial charge in [0.2, 0.25) is 0 Å². The average molecular weight is 193 g/mol. The van der Waals surface area contributed by atoms with Crippen LogP contribution >= 0.6 is 0 Å². The molecule has 0 heterocycles. The Morgan fingerprint density at radius 3 is 2.36 bits per heavy atom. The van der Waals surface area contributed by atoms with Crippen LogP contribution in [0.4, 0.5) is 0 Å². The maximum Gasteiger partial charge on any atom is 0.118 e. The van der Waals surface area contributed by atoms with Crippen molar-refractivity contribution in [3.63, 3.8) is 0 Å². The molecule has 0 aliphatic carbocycles. The number of benzene rings is 1. The molecule has 1 unspecified atom stereocenters. The van der Waals surface area contributed by atoms with Crippen LogP contribution < -0.4 is 0 Å². The van der Waals surface area contributed by atoms with Crippen LogP contribution in [0.25, 0.3) is 0 Å². The van der Waals surface area contributed by atoms with Gasteiger partial charge in [0.25, 0.3) is 0 Å². The summed E-state index contributed by atoms with van der Waals surface area (Å²) >= 11 is 0. The van der Waals surface area contributed by atoms with E-state index < -0.39 is 5.60 Å². The fraction of sp³-hybridized carbons (Fsp3) is 0.364. The Balaban J connectivity index is 3.07. The summed E-state index contributed by atoms with van der Waals surface area (Å²) < 4.78 is 0. The summed E-state index contributed by atoms with van der Waals surface area (Å²) in [6, 6.07) is 9.16. The fourth-order valence-corrected chi connectivity index (χ4v) is 1.24. The molecular weight excluding hydrogens is 178 g/mol. The molecule has 1 aromatic rings. The summed E-state index contributed by atoms with van der Waals surface area (Å²) in [4.78, 5) is 0. The first-order valence-corrected chi connectivity index (χ1v) is 4.62. The Kier molecular flexibility index (Phi) is 3.25. The predicted octanol–water partition coefficient (Wildman–Crippen LogP) is 2.03. The van der Waals surface area contributed by atoms with Crippen molar-refractivity contribution >= 4 is 5.71 Å². The van der Waals surface area contributed by atoms with E-state index in [0.717, 1.165) is 5.56 Å².